The van der Waals surface area contributed by atoms with Crippen LogP contribution in [0.2, 0.25) is 0 Å². The van der Waals surface area contributed by atoms with E-state index in [0.717, 1.165) is 38.3 Å². The van der Waals surface area contributed by atoms with Crippen LogP contribution in [-0.2, 0) is 4.74 Å². The molecule has 1 rings (SSSR count). The second-order valence-corrected chi connectivity index (χ2v) is 4.98. The minimum absolute atomic E-state index is 0.0342. The molecular formula is C15H25NO2. The molecule has 0 aliphatic heterocycles. The number of methoxy groups -OCH3 is 1. The molecule has 102 valence electrons. The summed E-state index contributed by atoms with van der Waals surface area (Å²) >= 11 is 0. The summed E-state index contributed by atoms with van der Waals surface area (Å²) in [6, 6.07) is 9.93. The minimum Gasteiger partial charge on any atom is -0.494 e. The summed E-state index contributed by atoms with van der Waals surface area (Å²) in [5.41, 5.74) is -0.0342. The molecule has 0 aliphatic carbocycles. The zero-order chi connectivity index (χ0) is 13.3. The van der Waals surface area contributed by atoms with Crippen molar-refractivity contribution in [3.05, 3.63) is 30.3 Å². The fourth-order valence-corrected chi connectivity index (χ4v) is 1.52. The van der Waals surface area contributed by atoms with Gasteiger partial charge in [-0.05, 0) is 51.9 Å². The average molecular weight is 251 g/mol. The molecule has 3 nitrogen and oxygen atoms in total. The lowest BCUT2D eigenvalue weighted by Gasteiger charge is -2.22. The van der Waals surface area contributed by atoms with Gasteiger partial charge in [0.25, 0.3) is 0 Å². The number of nitrogens with one attached hydrogen (secondary N) is 1. The van der Waals surface area contributed by atoms with Crippen molar-refractivity contribution in [2.45, 2.75) is 32.3 Å². The van der Waals surface area contributed by atoms with Crippen molar-refractivity contribution in [1.29, 1.82) is 0 Å². The highest BCUT2D eigenvalue weighted by molar-refractivity contribution is 5.20. The maximum atomic E-state index is 5.61. The molecular weight excluding hydrogens is 226 g/mol. The normalized spacial score (nSPS) is 11.5. The highest BCUT2D eigenvalue weighted by Crippen LogP contribution is 2.11. The highest BCUT2D eigenvalue weighted by Gasteiger charge is 2.14. The maximum absolute atomic E-state index is 5.61. The molecule has 0 spiro atoms. The van der Waals surface area contributed by atoms with Crippen LogP contribution in [-0.4, -0.2) is 32.4 Å². The van der Waals surface area contributed by atoms with E-state index >= 15 is 0 Å². The molecule has 1 aromatic carbocycles. The van der Waals surface area contributed by atoms with E-state index in [1.54, 1.807) is 7.11 Å². The van der Waals surface area contributed by atoms with Crippen molar-refractivity contribution in [2.75, 3.05) is 26.8 Å². The lowest BCUT2D eigenvalue weighted by atomic mass is 10.1. The van der Waals surface area contributed by atoms with Gasteiger partial charge < -0.3 is 14.8 Å². The molecule has 1 N–H and O–H groups in total. The maximum Gasteiger partial charge on any atom is 0.119 e. The SMILES string of the molecule is COC(C)(C)CCNCCCOc1ccccc1. The molecule has 0 fully saturated rings. The Morgan fingerprint density at radius 2 is 1.83 bits per heavy atom. The number of rotatable bonds is 9. The van der Waals surface area contributed by atoms with Crippen LogP contribution in [0.3, 0.4) is 0 Å². The Hall–Kier alpha value is -1.06. The van der Waals surface area contributed by atoms with Crippen molar-refractivity contribution in [3.8, 4) is 5.75 Å². The molecule has 0 amide bonds. The first-order valence-electron chi connectivity index (χ1n) is 6.58. The zero-order valence-electron chi connectivity index (χ0n) is 11.7. The number of hydrogen-bond acceptors (Lipinski definition) is 3. The van der Waals surface area contributed by atoms with Gasteiger partial charge in [0, 0.05) is 7.11 Å². The largest absolute Gasteiger partial charge is 0.494 e. The molecule has 3 heteroatoms. The number of benzene rings is 1. The van der Waals surface area contributed by atoms with E-state index < -0.39 is 0 Å². The number of para-hydroxylation sites is 1. The Morgan fingerprint density at radius 3 is 2.50 bits per heavy atom. The van der Waals surface area contributed by atoms with Gasteiger partial charge >= 0.3 is 0 Å². The summed E-state index contributed by atoms with van der Waals surface area (Å²) in [6.45, 7) is 6.92. The van der Waals surface area contributed by atoms with Crippen LogP contribution >= 0.6 is 0 Å². The summed E-state index contributed by atoms with van der Waals surface area (Å²) in [5, 5.41) is 3.40. The molecule has 18 heavy (non-hydrogen) atoms. The van der Waals surface area contributed by atoms with E-state index in [4.69, 9.17) is 9.47 Å². The summed E-state index contributed by atoms with van der Waals surface area (Å²) in [6.07, 6.45) is 2.03. The fourth-order valence-electron chi connectivity index (χ4n) is 1.52. The first kappa shape index (κ1) is 15.0. The van der Waals surface area contributed by atoms with Gasteiger partial charge in [-0.1, -0.05) is 18.2 Å². The van der Waals surface area contributed by atoms with Crippen LogP contribution in [0.5, 0.6) is 5.75 Å². The topological polar surface area (TPSA) is 30.5 Å². The van der Waals surface area contributed by atoms with E-state index in [-0.39, 0.29) is 5.60 Å². The molecule has 0 aromatic heterocycles. The smallest absolute Gasteiger partial charge is 0.119 e. The van der Waals surface area contributed by atoms with Gasteiger partial charge in [-0.2, -0.15) is 0 Å². The predicted molar refractivity (Wildman–Crippen MR) is 75.1 cm³/mol. The quantitative estimate of drug-likeness (QED) is 0.685. The second-order valence-electron chi connectivity index (χ2n) is 4.98. The first-order valence-corrected chi connectivity index (χ1v) is 6.58. The van der Waals surface area contributed by atoms with Gasteiger partial charge in [-0.3, -0.25) is 0 Å². The molecule has 0 aliphatic rings. The monoisotopic (exact) mass is 251 g/mol. The van der Waals surface area contributed by atoms with Gasteiger partial charge in [-0.25, -0.2) is 0 Å². The average Bonchev–Trinajstić information content (AvgIpc) is 2.39. The van der Waals surface area contributed by atoms with Crippen LogP contribution in [0, 0.1) is 0 Å². The van der Waals surface area contributed by atoms with Gasteiger partial charge in [-0.15, -0.1) is 0 Å². The third-order valence-corrected chi connectivity index (χ3v) is 2.97. The summed E-state index contributed by atoms with van der Waals surface area (Å²) in [4.78, 5) is 0. The molecule has 0 saturated heterocycles. The molecule has 0 unspecified atom stereocenters. The van der Waals surface area contributed by atoms with E-state index in [1.165, 1.54) is 0 Å². The van der Waals surface area contributed by atoms with Crippen LogP contribution in [0.25, 0.3) is 0 Å². The fraction of sp³-hybridized carbons (Fsp3) is 0.600. The Bertz CT molecular complexity index is 312. The van der Waals surface area contributed by atoms with Crippen molar-refractivity contribution in [2.24, 2.45) is 0 Å². The molecule has 0 atom stereocenters. The van der Waals surface area contributed by atoms with Gasteiger partial charge in [0.1, 0.15) is 5.75 Å². The predicted octanol–water partition coefficient (Wildman–Crippen LogP) is 2.86. The van der Waals surface area contributed by atoms with Gasteiger partial charge in [0.05, 0.1) is 12.2 Å². The number of hydrogen-bond donors (Lipinski definition) is 1. The van der Waals surface area contributed by atoms with Crippen molar-refractivity contribution >= 4 is 0 Å². The summed E-state index contributed by atoms with van der Waals surface area (Å²) in [5.74, 6) is 0.943. The summed E-state index contributed by atoms with van der Waals surface area (Å²) in [7, 11) is 1.76. The van der Waals surface area contributed by atoms with Crippen LogP contribution in [0.15, 0.2) is 30.3 Å². The minimum atomic E-state index is -0.0342. The third kappa shape index (κ3) is 6.62. The lowest BCUT2D eigenvalue weighted by molar-refractivity contribution is 0.0159. The number of ether oxygens (including phenoxy) is 2. The second kappa shape index (κ2) is 8.11. The van der Waals surface area contributed by atoms with Crippen molar-refractivity contribution < 1.29 is 9.47 Å². The zero-order valence-corrected chi connectivity index (χ0v) is 11.7. The van der Waals surface area contributed by atoms with Crippen LogP contribution in [0.4, 0.5) is 0 Å². The van der Waals surface area contributed by atoms with Gasteiger partial charge in [0.2, 0.25) is 0 Å². The van der Waals surface area contributed by atoms with E-state index in [9.17, 15) is 0 Å². The Labute approximate surface area is 110 Å². The van der Waals surface area contributed by atoms with E-state index in [1.807, 2.05) is 30.3 Å². The van der Waals surface area contributed by atoms with Crippen LogP contribution < -0.4 is 10.1 Å². The standard InChI is InChI=1S/C15H25NO2/c1-15(2,17-3)10-12-16-11-7-13-18-14-8-5-4-6-9-14/h4-6,8-9,16H,7,10-13H2,1-3H3. The van der Waals surface area contributed by atoms with Crippen molar-refractivity contribution in [1.82, 2.24) is 5.32 Å². The Morgan fingerprint density at radius 1 is 1.11 bits per heavy atom. The highest BCUT2D eigenvalue weighted by atomic mass is 16.5. The van der Waals surface area contributed by atoms with E-state index in [2.05, 4.69) is 19.2 Å². The lowest BCUT2D eigenvalue weighted by Crippen LogP contribution is -2.29. The Kier molecular flexibility index (Phi) is 6.76. The summed E-state index contributed by atoms with van der Waals surface area (Å²) < 4.78 is 11.0. The first-order chi connectivity index (χ1) is 8.64. The van der Waals surface area contributed by atoms with Crippen molar-refractivity contribution in [3.63, 3.8) is 0 Å². The van der Waals surface area contributed by atoms with E-state index in [0.29, 0.717) is 0 Å². The third-order valence-electron chi connectivity index (χ3n) is 2.97. The van der Waals surface area contributed by atoms with Gasteiger partial charge in [0.15, 0.2) is 0 Å². The molecule has 0 bridgehead atoms. The molecule has 1 aromatic rings. The molecule has 0 heterocycles. The molecule has 0 radical (unpaired) electrons. The Balaban J connectivity index is 1.96. The molecule has 0 saturated carbocycles. The van der Waals surface area contributed by atoms with Crippen LogP contribution in [0.1, 0.15) is 26.7 Å².